The molecule has 1 fully saturated rings. The van der Waals surface area contributed by atoms with Gasteiger partial charge < -0.3 is 15.2 Å². The third-order valence-corrected chi connectivity index (χ3v) is 2.92. The van der Waals surface area contributed by atoms with Gasteiger partial charge in [0.15, 0.2) is 0 Å². The second-order valence-electron chi connectivity index (χ2n) is 5.33. The number of hydrogen-bond acceptors (Lipinski definition) is 3. The molecule has 1 atom stereocenters. The molecular formula is C12H20N2O4. The summed E-state index contributed by atoms with van der Waals surface area (Å²) in [6, 6.07) is -0.114. The number of alkyl carbamates (subject to hydrolysis) is 1. The van der Waals surface area contributed by atoms with Gasteiger partial charge in [-0.2, -0.15) is 0 Å². The summed E-state index contributed by atoms with van der Waals surface area (Å²) in [7, 11) is 1.30. The molecule has 0 radical (unpaired) electrons. The van der Waals surface area contributed by atoms with Crippen LogP contribution in [-0.2, 0) is 4.74 Å². The zero-order valence-electron chi connectivity index (χ0n) is 10.9. The van der Waals surface area contributed by atoms with E-state index in [2.05, 4.69) is 29.2 Å². The molecule has 6 nitrogen and oxygen atoms in total. The molecule has 3 N–H and O–H groups in total. The van der Waals surface area contributed by atoms with Gasteiger partial charge in [-0.1, -0.05) is 19.4 Å². The second kappa shape index (κ2) is 5.75. The van der Waals surface area contributed by atoms with Gasteiger partial charge in [0.2, 0.25) is 0 Å². The van der Waals surface area contributed by atoms with Crippen LogP contribution in [0.5, 0.6) is 0 Å². The van der Waals surface area contributed by atoms with Crippen LogP contribution in [0, 0.1) is 5.41 Å². The van der Waals surface area contributed by atoms with E-state index in [1.807, 2.05) is 0 Å². The molecule has 18 heavy (non-hydrogen) atoms. The molecule has 0 aliphatic heterocycles. The van der Waals surface area contributed by atoms with Crippen molar-refractivity contribution in [2.24, 2.45) is 5.41 Å². The Morgan fingerprint density at radius 2 is 2.17 bits per heavy atom. The van der Waals surface area contributed by atoms with Crippen LogP contribution in [0.3, 0.4) is 0 Å². The number of amides is 2. The molecule has 0 saturated heterocycles. The van der Waals surface area contributed by atoms with Crippen LogP contribution in [-0.4, -0.2) is 30.4 Å². The molecule has 0 bridgehead atoms. The van der Waals surface area contributed by atoms with Crippen molar-refractivity contribution < 1.29 is 19.4 Å². The summed E-state index contributed by atoms with van der Waals surface area (Å²) >= 11 is 0. The minimum atomic E-state index is -1.02. The number of rotatable bonds is 2. The van der Waals surface area contributed by atoms with Gasteiger partial charge in [0, 0.05) is 12.2 Å². The molecule has 0 heterocycles. The van der Waals surface area contributed by atoms with Crippen LogP contribution < -0.4 is 10.6 Å². The molecule has 1 rings (SSSR count). The number of hydrogen-bond donors (Lipinski definition) is 3. The fourth-order valence-electron chi connectivity index (χ4n) is 2.42. The normalized spacial score (nSPS) is 24.4. The van der Waals surface area contributed by atoms with Crippen molar-refractivity contribution in [3.63, 3.8) is 0 Å². The van der Waals surface area contributed by atoms with Gasteiger partial charge in [0.25, 0.3) is 0 Å². The third kappa shape index (κ3) is 4.65. The highest BCUT2D eigenvalue weighted by atomic mass is 16.5. The number of carbonyl (C=O) groups excluding carboxylic acids is 1. The van der Waals surface area contributed by atoms with Gasteiger partial charge in [0.05, 0.1) is 7.11 Å². The Morgan fingerprint density at radius 1 is 1.50 bits per heavy atom. The largest absolute Gasteiger partial charge is 0.465 e. The molecule has 0 aromatic carbocycles. The van der Waals surface area contributed by atoms with Gasteiger partial charge in [0.1, 0.15) is 0 Å². The molecule has 102 valence electrons. The summed E-state index contributed by atoms with van der Waals surface area (Å²) in [6.45, 7) is 4.16. The minimum absolute atomic E-state index is 0.00893. The van der Waals surface area contributed by atoms with Crippen LogP contribution in [0.15, 0.2) is 11.8 Å². The van der Waals surface area contributed by atoms with Crippen molar-refractivity contribution in [2.75, 3.05) is 7.11 Å². The Hall–Kier alpha value is -1.72. The standard InChI is InChI=1S/C12H20N2O4/c1-12(2)5-8(7-13-11(17)18-3)4-9(6-12)14-10(15)16/h7,9,14H,4-6H2,1-3H3,(H,13,17)(H,15,16)/b8-7-. The highest BCUT2D eigenvalue weighted by molar-refractivity contribution is 5.68. The smallest absolute Gasteiger partial charge is 0.410 e. The third-order valence-electron chi connectivity index (χ3n) is 2.92. The van der Waals surface area contributed by atoms with E-state index in [0.29, 0.717) is 6.42 Å². The quantitative estimate of drug-likeness (QED) is 0.705. The first-order valence-corrected chi connectivity index (χ1v) is 5.84. The fourth-order valence-corrected chi connectivity index (χ4v) is 2.42. The Labute approximate surface area is 106 Å². The van der Waals surface area contributed by atoms with E-state index < -0.39 is 12.2 Å². The molecular weight excluding hydrogens is 236 g/mol. The maximum absolute atomic E-state index is 11.0. The molecule has 2 amide bonds. The van der Waals surface area contributed by atoms with E-state index in [0.717, 1.165) is 18.4 Å². The van der Waals surface area contributed by atoms with Crippen LogP contribution in [0.2, 0.25) is 0 Å². The average molecular weight is 256 g/mol. The lowest BCUT2D eigenvalue weighted by molar-refractivity contribution is 0.172. The number of ether oxygens (including phenoxy) is 1. The SMILES string of the molecule is COC(=O)N/C=C1/CC(NC(=O)O)CC(C)(C)C1. The van der Waals surface area contributed by atoms with Crippen molar-refractivity contribution in [3.8, 4) is 0 Å². The lowest BCUT2D eigenvalue weighted by Crippen LogP contribution is -2.41. The molecule has 0 aromatic heterocycles. The predicted octanol–water partition coefficient (Wildman–Crippen LogP) is 2.07. The van der Waals surface area contributed by atoms with Crippen molar-refractivity contribution in [1.82, 2.24) is 10.6 Å². The average Bonchev–Trinajstić information content (AvgIpc) is 2.22. The van der Waals surface area contributed by atoms with E-state index in [9.17, 15) is 9.59 Å². The molecule has 0 aromatic rings. The van der Waals surface area contributed by atoms with Crippen molar-refractivity contribution >= 4 is 12.2 Å². The second-order valence-corrected chi connectivity index (χ2v) is 5.33. The van der Waals surface area contributed by atoms with Crippen molar-refractivity contribution in [1.29, 1.82) is 0 Å². The Balaban J connectivity index is 2.68. The summed E-state index contributed by atoms with van der Waals surface area (Å²) in [5, 5.41) is 13.8. The first-order chi connectivity index (χ1) is 8.32. The highest BCUT2D eigenvalue weighted by Crippen LogP contribution is 2.38. The summed E-state index contributed by atoms with van der Waals surface area (Å²) in [6.07, 6.45) is 2.30. The van der Waals surface area contributed by atoms with E-state index in [4.69, 9.17) is 5.11 Å². The van der Waals surface area contributed by atoms with Crippen molar-refractivity contribution in [3.05, 3.63) is 11.8 Å². The molecule has 1 aliphatic rings. The lowest BCUT2D eigenvalue weighted by Gasteiger charge is -2.36. The maximum Gasteiger partial charge on any atom is 0.410 e. The van der Waals surface area contributed by atoms with Crippen LogP contribution in [0.25, 0.3) is 0 Å². The number of carboxylic acid groups (broad SMARTS) is 1. The fraction of sp³-hybridized carbons (Fsp3) is 0.667. The molecule has 1 aliphatic carbocycles. The van der Waals surface area contributed by atoms with E-state index in [1.54, 1.807) is 6.20 Å². The zero-order valence-corrected chi connectivity index (χ0v) is 10.9. The number of nitrogens with one attached hydrogen (secondary N) is 2. The Morgan fingerprint density at radius 3 is 2.72 bits per heavy atom. The molecule has 1 saturated carbocycles. The first-order valence-electron chi connectivity index (χ1n) is 5.84. The molecule has 0 spiro atoms. The van der Waals surface area contributed by atoms with Crippen LogP contribution >= 0.6 is 0 Å². The van der Waals surface area contributed by atoms with Crippen molar-refractivity contribution in [2.45, 2.75) is 39.2 Å². The monoisotopic (exact) mass is 256 g/mol. The lowest BCUT2D eigenvalue weighted by atomic mass is 9.73. The number of methoxy groups -OCH3 is 1. The maximum atomic E-state index is 11.0. The van der Waals surface area contributed by atoms with Crippen LogP contribution in [0.4, 0.5) is 9.59 Å². The zero-order chi connectivity index (χ0) is 13.8. The summed E-state index contributed by atoms with van der Waals surface area (Å²) in [5.41, 5.74) is 1.02. The first kappa shape index (κ1) is 14.3. The predicted molar refractivity (Wildman–Crippen MR) is 66.2 cm³/mol. The summed E-state index contributed by atoms with van der Waals surface area (Å²) in [5.74, 6) is 0. The highest BCUT2D eigenvalue weighted by Gasteiger charge is 2.31. The molecule has 6 heteroatoms. The van der Waals surface area contributed by atoms with Gasteiger partial charge >= 0.3 is 12.2 Å². The Bertz CT molecular complexity index is 363. The Kier molecular flexibility index (Phi) is 4.58. The van der Waals surface area contributed by atoms with Gasteiger partial charge in [-0.3, -0.25) is 5.32 Å². The minimum Gasteiger partial charge on any atom is -0.465 e. The van der Waals surface area contributed by atoms with Gasteiger partial charge in [-0.25, -0.2) is 9.59 Å². The number of carbonyl (C=O) groups is 2. The topological polar surface area (TPSA) is 87.7 Å². The molecule has 1 unspecified atom stereocenters. The van der Waals surface area contributed by atoms with Gasteiger partial charge in [-0.05, 0) is 24.7 Å². The van der Waals surface area contributed by atoms with E-state index in [-0.39, 0.29) is 11.5 Å². The van der Waals surface area contributed by atoms with E-state index >= 15 is 0 Å². The van der Waals surface area contributed by atoms with E-state index in [1.165, 1.54) is 7.11 Å². The van der Waals surface area contributed by atoms with Crippen LogP contribution in [0.1, 0.15) is 33.1 Å². The summed E-state index contributed by atoms with van der Waals surface area (Å²) in [4.78, 5) is 21.7. The van der Waals surface area contributed by atoms with Gasteiger partial charge in [-0.15, -0.1) is 0 Å². The summed E-state index contributed by atoms with van der Waals surface area (Å²) < 4.78 is 4.48.